The first-order valence-electron chi connectivity index (χ1n) is 6.81. The van der Waals surface area contributed by atoms with E-state index in [1.165, 1.54) is 31.7 Å². The van der Waals surface area contributed by atoms with Gasteiger partial charge in [-0.05, 0) is 25.6 Å². The van der Waals surface area contributed by atoms with Gasteiger partial charge in [-0.25, -0.2) is 4.39 Å². The molecule has 0 bridgehead atoms. The van der Waals surface area contributed by atoms with Crippen molar-refractivity contribution in [3.05, 3.63) is 34.6 Å². The molecule has 1 unspecified atom stereocenters. The van der Waals surface area contributed by atoms with Crippen molar-refractivity contribution in [2.75, 3.05) is 7.05 Å². The summed E-state index contributed by atoms with van der Waals surface area (Å²) >= 11 is 5.77. The molecule has 0 saturated carbocycles. The van der Waals surface area contributed by atoms with Gasteiger partial charge in [0.2, 0.25) is 0 Å². The average molecular weight is 272 g/mol. The molecule has 0 aromatic heterocycles. The molecule has 0 radical (unpaired) electrons. The summed E-state index contributed by atoms with van der Waals surface area (Å²) in [5, 5.41) is 3.64. The van der Waals surface area contributed by atoms with Crippen LogP contribution in [0.3, 0.4) is 0 Å². The van der Waals surface area contributed by atoms with E-state index in [4.69, 9.17) is 11.6 Å². The van der Waals surface area contributed by atoms with Crippen molar-refractivity contribution in [3.63, 3.8) is 0 Å². The number of unbranched alkanes of at least 4 members (excludes halogenated alkanes) is 4. The summed E-state index contributed by atoms with van der Waals surface area (Å²) in [6, 6.07) is 5.01. The van der Waals surface area contributed by atoms with Gasteiger partial charge < -0.3 is 5.32 Å². The normalized spacial score (nSPS) is 12.7. The molecule has 1 atom stereocenters. The number of benzene rings is 1. The van der Waals surface area contributed by atoms with Crippen molar-refractivity contribution in [1.82, 2.24) is 5.32 Å². The molecule has 102 valence electrons. The van der Waals surface area contributed by atoms with E-state index in [0.717, 1.165) is 18.4 Å². The van der Waals surface area contributed by atoms with Crippen LogP contribution < -0.4 is 5.32 Å². The van der Waals surface area contributed by atoms with E-state index < -0.39 is 0 Å². The van der Waals surface area contributed by atoms with Crippen molar-refractivity contribution in [2.45, 2.75) is 51.5 Å². The van der Waals surface area contributed by atoms with Gasteiger partial charge in [-0.2, -0.15) is 0 Å². The summed E-state index contributed by atoms with van der Waals surface area (Å²) in [4.78, 5) is 0. The summed E-state index contributed by atoms with van der Waals surface area (Å²) < 4.78 is 13.8. The highest BCUT2D eigenvalue weighted by Gasteiger charge is 2.13. The monoisotopic (exact) mass is 271 g/mol. The Morgan fingerprint density at radius 1 is 1.22 bits per heavy atom. The maximum atomic E-state index is 13.8. The predicted molar refractivity (Wildman–Crippen MR) is 76.6 cm³/mol. The minimum Gasteiger partial charge on any atom is -0.313 e. The third-order valence-corrected chi connectivity index (χ3v) is 3.52. The largest absolute Gasteiger partial charge is 0.313 e. The van der Waals surface area contributed by atoms with Crippen molar-refractivity contribution >= 4 is 11.6 Å². The van der Waals surface area contributed by atoms with Crippen molar-refractivity contribution in [2.24, 2.45) is 0 Å². The zero-order valence-electron chi connectivity index (χ0n) is 11.3. The minimum absolute atomic E-state index is 0.0869. The van der Waals surface area contributed by atoms with Gasteiger partial charge in [0.1, 0.15) is 5.82 Å². The van der Waals surface area contributed by atoms with Gasteiger partial charge in [-0.15, -0.1) is 0 Å². The lowest BCUT2D eigenvalue weighted by Gasteiger charge is -2.17. The van der Waals surface area contributed by atoms with Crippen LogP contribution in [0, 0.1) is 5.82 Å². The lowest BCUT2D eigenvalue weighted by Crippen LogP contribution is -2.17. The van der Waals surface area contributed by atoms with Crippen molar-refractivity contribution in [1.29, 1.82) is 0 Å². The average Bonchev–Trinajstić information content (AvgIpc) is 2.35. The summed E-state index contributed by atoms with van der Waals surface area (Å²) in [7, 11) is 1.88. The van der Waals surface area contributed by atoms with Gasteiger partial charge in [0.25, 0.3) is 0 Å². The van der Waals surface area contributed by atoms with Crippen LogP contribution in [0.4, 0.5) is 4.39 Å². The lowest BCUT2D eigenvalue weighted by molar-refractivity contribution is 0.478. The molecule has 0 aliphatic carbocycles. The Morgan fingerprint density at radius 3 is 2.56 bits per heavy atom. The second-order valence-electron chi connectivity index (χ2n) is 4.71. The van der Waals surface area contributed by atoms with Crippen LogP contribution in [-0.4, -0.2) is 7.05 Å². The number of nitrogens with one attached hydrogen (secondary N) is 1. The highest BCUT2D eigenvalue weighted by atomic mass is 35.5. The summed E-state index contributed by atoms with van der Waals surface area (Å²) in [6.45, 7) is 2.21. The van der Waals surface area contributed by atoms with E-state index in [1.54, 1.807) is 12.1 Å². The van der Waals surface area contributed by atoms with Gasteiger partial charge >= 0.3 is 0 Å². The van der Waals surface area contributed by atoms with Gasteiger partial charge in [-0.1, -0.05) is 56.7 Å². The number of rotatable bonds is 8. The number of hydrogen-bond acceptors (Lipinski definition) is 1. The zero-order chi connectivity index (χ0) is 13.4. The maximum Gasteiger partial charge on any atom is 0.129 e. The molecule has 1 aromatic rings. The van der Waals surface area contributed by atoms with Gasteiger partial charge in [0.15, 0.2) is 0 Å². The van der Waals surface area contributed by atoms with E-state index >= 15 is 0 Å². The Labute approximate surface area is 115 Å². The molecule has 0 saturated heterocycles. The molecule has 0 aliphatic rings. The fraction of sp³-hybridized carbons (Fsp3) is 0.600. The molecule has 0 heterocycles. The second-order valence-corrected chi connectivity index (χ2v) is 5.15. The Balaban J connectivity index is 2.49. The van der Waals surface area contributed by atoms with Gasteiger partial charge in [-0.3, -0.25) is 0 Å². The highest BCUT2D eigenvalue weighted by Crippen LogP contribution is 2.24. The number of hydrogen-bond donors (Lipinski definition) is 1. The Hall–Kier alpha value is -0.600. The van der Waals surface area contributed by atoms with Crippen LogP contribution >= 0.6 is 11.6 Å². The standard InChI is InChI=1S/C15H23ClFN/c1-3-4-5-6-7-8-15(18-2)13-10-9-12(16)11-14(13)17/h9-11,15,18H,3-8H2,1-2H3. The Bertz CT molecular complexity index is 354. The SMILES string of the molecule is CCCCCCCC(NC)c1ccc(Cl)cc1F. The Morgan fingerprint density at radius 2 is 1.94 bits per heavy atom. The summed E-state index contributed by atoms with van der Waals surface area (Å²) in [5.41, 5.74) is 0.720. The highest BCUT2D eigenvalue weighted by molar-refractivity contribution is 6.30. The lowest BCUT2D eigenvalue weighted by atomic mass is 9.99. The molecule has 1 nitrogen and oxygen atoms in total. The van der Waals surface area contributed by atoms with Gasteiger partial charge in [0.05, 0.1) is 0 Å². The zero-order valence-corrected chi connectivity index (χ0v) is 12.1. The molecule has 1 N–H and O–H groups in total. The summed E-state index contributed by atoms with van der Waals surface area (Å²) in [6.07, 6.45) is 7.14. The molecule has 18 heavy (non-hydrogen) atoms. The first-order chi connectivity index (χ1) is 8.69. The van der Waals surface area contributed by atoms with Crippen molar-refractivity contribution < 1.29 is 4.39 Å². The van der Waals surface area contributed by atoms with Crippen LogP contribution in [-0.2, 0) is 0 Å². The predicted octanol–water partition coefficient (Wildman–Crippen LogP) is 5.10. The van der Waals surface area contributed by atoms with Crippen LogP contribution in [0.25, 0.3) is 0 Å². The van der Waals surface area contributed by atoms with E-state index in [2.05, 4.69) is 12.2 Å². The third kappa shape index (κ3) is 4.95. The quantitative estimate of drug-likeness (QED) is 0.649. The fourth-order valence-electron chi connectivity index (χ4n) is 2.19. The van der Waals surface area contributed by atoms with Gasteiger partial charge in [0, 0.05) is 16.6 Å². The molecular formula is C15H23ClFN. The molecule has 0 fully saturated rings. The minimum atomic E-state index is -0.213. The molecule has 0 aliphatic heterocycles. The third-order valence-electron chi connectivity index (χ3n) is 3.28. The van der Waals surface area contributed by atoms with Crippen LogP contribution in [0.15, 0.2) is 18.2 Å². The van der Waals surface area contributed by atoms with E-state index in [-0.39, 0.29) is 11.9 Å². The molecule has 1 rings (SSSR count). The molecule has 0 spiro atoms. The van der Waals surface area contributed by atoms with E-state index in [0.29, 0.717) is 5.02 Å². The molecule has 3 heteroatoms. The fourth-order valence-corrected chi connectivity index (χ4v) is 2.35. The molecule has 0 amide bonds. The molecular weight excluding hydrogens is 249 g/mol. The van der Waals surface area contributed by atoms with E-state index in [9.17, 15) is 4.39 Å². The topological polar surface area (TPSA) is 12.0 Å². The van der Waals surface area contributed by atoms with E-state index in [1.807, 2.05) is 7.05 Å². The smallest absolute Gasteiger partial charge is 0.129 e. The maximum absolute atomic E-state index is 13.8. The van der Waals surface area contributed by atoms with Crippen LogP contribution in [0.5, 0.6) is 0 Å². The second kappa shape index (κ2) is 8.49. The first kappa shape index (κ1) is 15.5. The number of halogens is 2. The first-order valence-corrected chi connectivity index (χ1v) is 7.19. The van der Waals surface area contributed by atoms with Crippen LogP contribution in [0.2, 0.25) is 5.02 Å². The van der Waals surface area contributed by atoms with Crippen molar-refractivity contribution in [3.8, 4) is 0 Å². The Kier molecular flexibility index (Phi) is 7.29. The summed E-state index contributed by atoms with van der Waals surface area (Å²) in [5.74, 6) is -0.213. The van der Waals surface area contributed by atoms with Crippen LogP contribution in [0.1, 0.15) is 57.1 Å². The molecule has 1 aromatic carbocycles.